The van der Waals surface area contributed by atoms with Gasteiger partial charge in [-0.1, -0.05) is 30.3 Å². The topological polar surface area (TPSA) is 76.9 Å². The summed E-state index contributed by atoms with van der Waals surface area (Å²) in [7, 11) is 0. The van der Waals surface area contributed by atoms with Crippen LogP contribution in [0.4, 0.5) is 0 Å². The van der Waals surface area contributed by atoms with Crippen molar-refractivity contribution in [1.29, 1.82) is 0 Å². The van der Waals surface area contributed by atoms with Crippen molar-refractivity contribution in [2.75, 3.05) is 6.61 Å². The van der Waals surface area contributed by atoms with Gasteiger partial charge in [-0.3, -0.25) is 14.0 Å². The van der Waals surface area contributed by atoms with E-state index >= 15 is 0 Å². The maximum absolute atomic E-state index is 13.2. The highest BCUT2D eigenvalue weighted by molar-refractivity contribution is 7.18. The fraction of sp³-hybridized carbons (Fsp3) is 0.174. The van der Waals surface area contributed by atoms with Crippen LogP contribution in [0.25, 0.3) is 26.7 Å². The molecule has 1 N–H and O–H groups in total. The minimum Gasteiger partial charge on any atom is -0.460 e. The zero-order valence-electron chi connectivity index (χ0n) is 16.0. The molecule has 0 aliphatic carbocycles. The first kappa shape index (κ1) is 18.6. The van der Waals surface area contributed by atoms with Gasteiger partial charge >= 0.3 is 5.97 Å². The third kappa shape index (κ3) is 3.17. The zero-order valence-corrected chi connectivity index (χ0v) is 16.8. The Hall–Kier alpha value is -3.45. The van der Waals surface area contributed by atoms with E-state index in [0.29, 0.717) is 29.5 Å². The highest BCUT2D eigenvalue weighted by Crippen LogP contribution is 2.29. The van der Waals surface area contributed by atoms with Crippen LogP contribution in [0.2, 0.25) is 0 Å². The number of pyridine rings is 2. The van der Waals surface area contributed by atoms with Gasteiger partial charge < -0.3 is 10.1 Å². The minimum atomic E-state index is -0.508. The molecular weight excluding hydrogens is 400 g/mol. The van der Waals surface area contributed by atoms with Gasteiger partial charge in [0.2, 0.25) is 5.91 Å². The maximum atomic E-state index is 13.2. The summed E-state index contributed by atoms with van der Waals surface area (Å²) in [5.41, 5.74) is 1.87. The predicted molar refractivity (Wildman–Crippen MR) is 116 cm³/mol. The van der Waals surface area contributed by atoms with Crippen molar-refractivity contribution in [1.82, 2.24) is 9.72 Å². The molecule has 1 aliphatic heterocycles. The van der Waals surface area contributed by atoms with Gasteiger partial charge in [-0.2, -0.15) is 0 Å². The SMILES string of the molecule is O=C1CC[C@@H](COC(=O)c2cc(-c3ccccc3)c(=O)n3ccc4ccsc4c23)N1. The number of thiophene rings is 1. The van der Waals surface area contributed by atoms with E-state index in [9.17, 15) is 14.4 Å². The Labute approximate surface area is 175 Å². The first-order chi connectivity index (χ1) is 14.6. The number of carbonyl (C=O) groups excluding carboxylic acids is 2. The molecule has 150 valence electrons. The minimum absolute atomic E-state index is 0.0283. The molecule has 6 nitrogen and oxygen atoms in total. The van der Waals surface area contributed by atoms with Crippen molar-refractivity contribution in [3.63, 3.8) is 0 Å². The second kappa shape index (κ2) is 7.42. The van der Waals surface area contributed by atoms with Crippen molar-refractivity contribution in [3.8, 4) is 11.1 Å². The summed E-state index contributed by atoms with van der Waals surface area (Å²) >= 11 is 1.48. The largest absolute Gasteiger partial charge is 0.460 e. The quantitative estimate of drug-likeness (QED) is 0.514. The van der Waals surface area contributed by atoms with Gasteiger partial charge in [0.1, 0.15) is 6.61 Å². The average molecular weight is 418 g/mol. The summed E-state index contributed by atoms with van der Waals surface area (Å²) in [6, 6.07) is 14.6. The number of carbonyl (C=O) groups is 2. The van der Waals surface area contributed by atoms with E-state index in [2.05, 4.69) is 5.32 Å². The normalized spacial score (nSPS) is 16.1. The molecule has 1 fully saturated rings. The van der Waals surface area contributed by atoms with Crippen LogP contribution >= 0.6 is 11.3 Å². The molecule has 1 aliphatic rings. The Balaban J connectivity index is 1.65. The number of fused-ring (bicyclic) bond motifs is 3. The lowest BCUT2D eigenvalue weighted by atomic mass is 10.0. The van der Waals surface area contributed by atoms with E-state index in [1.807, 2.05) is 47.8 Å². The van der Waals surface area contributed by atoms with Crippen molar-refractivity contribution in [2.45, 2.75) is 18.9 Å². The van der Waals surface area contributed by atoms with E-state index < -0.39 is 5.97 Å². The molecule has 1 aromatic carbocycles. The monoisotopic (exact) mass is 418 g/mol. The Morgan fingerprint density at radius 2 is 2.00 bits per heavy atom. The van der Waals surface area contributed by atoms with Crippen molar-refractivity contribution < 1.29 is 14.3 Å². The summed E-state index contributed by atoms with van der Waals surface area (Å²) in [6.07, 6.45) is 2.79. The van der Waals surface area contributed by atoms with Gasteiger partial charge in [0.15, 0.2) is 0 Å². The Kier molecular flexibility index (Phi) is 4.59. The smallest absolute Gasteiger partial charge is 0.340 e. The summed E-state index contributed by atoms with van der Waals surface area (Å²) in [5.74, 6) is -0.536. The van der Waals surface area contributed by atoms with E-state index in [1.54, 1.807) is 12.3 Å². The molecule has 4 aromatic rings. The molecule has 0 spiro atoms. The van der Waals surface area contributed by atoms with Crippen LogP contribution in [0, 0.1) is 0 Å². The third-order valence-electron chi connectivity index (χ3n) is 5.35. The zero-order chi connectivity index (χ0) is 20.7. The number of esters is 1. The molecule has 1 atom stereocenters. The van der Waals surface area contributed by atoms with E-state index in [4.69, 9.17) is 4.74 Å². The van der Waals surface area contributed by atoms with E-state index in [-0.39, 0.29) is 24.1 Å². The average Bonchev–Trinajstić information content (AvgIpc) is 3.41. The molecule has 3 aromatic heterocycles. The Morgan fingerprint density at radius 1 is 1.17 bits per heavy atom. The van der Waals surface area contributed by atoms with Gasteiger partial charge in [0.25, 0.3) is 5.56 Å². The predicted octanol–water partition coefficient (Wildman–Crippen LogP) is 3.62. The van der Waals surface area contributed by atoms with Crippen molar-refractivity contribution in [3.05, 3.63) is 76.0 Å². The highest BCUT2D eigenvalue weighted by Gasteiger charge is 2.24. The van der Waals surface area contributed by atoms with Gasteiger partial charge in [-0.15, -0.1) is 11.3 Å². The molecule has 4 heterocycles. The number of rotatable bonds is 4. The van der Waals surface area contributed by atoms with Gasteiger partial charge in [0, 0.05) is 18.2 Å². The second-order valence-electron chi connectivity index (χ2n) is 7.28. The Bertz CT molecular complexity index is 1340. The second-order valence-corrected chi connectivity index (χ2v) is 8.20. The van der Waals surface area contributed by atoms with Gasteiger partial charge in [-0.05, 0) is 40.9 Å². The lowest BCUT2D eigenvalue weighted by Crippen LogP contribution is -2.31. The number of amides is 1. The molecule has 0 saturated carbocycles. The maximum Gasteiger partial charge on any atom is 0.340 e. The van der Waals surface area contributed by atoms with Crippen LogP contribution in [0.3, 0.4) is 0 Å². The fourth-order valence-electron chi connectivity index (χ4n) is 3.84. The van der Waals surface area contributed by atoms with E-state index in [0.717, 1.165) is 15.6 Å². The van der Waals surface area contributed by atoms with Crippen LogP contribution in [-0.2, 0) is 9.53 Å². The van der Waals surface area contributed by atoms with Crippen molar-refractivity contribution in [2.24, 2.45) is 0 Å². The van der Waals surface area contributed by atoms with Crippen LogP contribution in [-0.4, -0.2) is 28.9 Å². The van der Waals surface area contributed by atoms with Crippen LogP contribution < -0.4 is 10.9 Å². The molecule has 30 heavy (non-hydrogen) atoms. The van der Waals surface area contributed by atoms with Gasteiger partial charge in [0.05, 0.1) is 21.8 Å². The number of hydrogen-bond donors (Lipinski definition) is 1. The van der Waals surface area contributed by atoms with Crippen LogP contribution in [0.5, 0.6) is 0 Å². The summed E-state index contributed by atoms with van der Waals surface area (Å²) in [6.45, 7) is 0.108. The summed E-state index contributed by atoms with van der Waals surface area (Å²) in [4.78, 5) is 37.8. The third-order valence-corrected chi connectivity index (χ3v) is 6.29. The molecule has 7 heteroatoms. The molecule has 1 amide bonds. The number of hydrogen-bond acceptors (Lipinski definition) is 5. The fourth-order valence-corrected chi connectivity index (χ4v) is 4.79. The lowest BCUT2D eigenvalue weighted by molar-refractivity contribution is -0.119. The van der Waals surface area contributed by atoms with E-state index in [1.165, 1.54) is 15.7 Å². The lowest BCUT2D eigenvalue weighted by Gasteiger charge is -2.14. The number of nitrogens with one attached hydrogen (secondary N) is 1. The number of benzene rings is 1. The first-order valence-electron chi connectivity index (χ1n) is 9.69. The van der Waals surface area contributed by atoms with Gasteiger partial charge in [-0.25, -0.2) is 4.79 Å². The summed E-state index contributed by atoms with van der Waals surface area (Å²) < 4.78 is 7.94. The molecular formula is C23H18N2O4S. The highest BCUT2D eigenvalue weighted by atomic mass is 32.1. The Morgan fingerprint density at radius 3 is 2.77 bits per heavy atom. The standard InChI is InChI=1S/C23H18N2O4S/c26-19-7-6-16(24-19)13-29-23(28)18-12-17(14-4-2-1-3-5-14)22(27)25-10-8-15-9-11-30-21(15)20(18)25/h1-5,8-12,16H,6-7,13H2,(H,24,26)/t16-/m0/s1. The first-order valence-corrected chi connectivity index (χ1v) is 10.6. The molecule has 1 saturated heterocycles. The molecule has 0 bridgehead atoms. The van der Waals surface area contributed by atoms with Crippen molar-refractivity contribution >= 4 is 38.8 Å². The molecule has 5 rings (SSSR count). The summed E-state index contributed by atoms with van der Waals surface area (Å²) in [5, 5.41) is 5.70. The molecule has 0 radical (unpaired) electrons. The number of ether oxygens (including phenoxy) is 1. The van der Waals surface area contributed by atoms with Crippen LogP contribution in [0.15, 0.2) is 64.9 Å². The van der Waals surface area contributed by atoms with Crippen LogP contribution in [0.1, 0.15) is 23.2 Å². The number of aromatic nitrogens is 1. The molecule has 0 unspecified atom stereocenters. The number of nitrogens with zero attached hydrogens (tertiary/aromatic N) is 1.